The molecule has 0 aromatic carbocycles. The number of rotatable bonds is 12. The molecule has 0 radical (unpaired) electrons. The molecule has 4 aliphatic carbocycles. The fraction of sp³-hybridized carbons (Fsp3) is 1.00. The molecule has 0 saturated heterocycles. The Balaban J connectivity index is 0.000000383. The van der Waals surface area contributed by atoms with Crippen LogP contribution in [-0.4, -0.2) is 24.9 Å². The summed E-state index contributed by atoms with van der Waals surface area (Å²) in [7, 11) is 0. The second kappa shape index (κ2) is 15.2. The summed E-state index contributed by atoms with van der Waals surface area (Å²) in [6, 6.07) is 0. The highest BCUT2D eigenvalue weighted by Crippen LogP contribution is 2.68. The lowest BCUT2D eigenvalue weighted by Gasteiger charge is -2.61. The molecule has 1 N–H and O–H groups in total. The smallest absolute Gasteiger partial charge is 0.0465 e. The molecule has 4 saturated carbocycles. The van der Waals surface area contributed by atoms with Crippen LogP contribution in [0.1, 0.15) is 151 Å². The molecule has 0 aromatic heterocycles. The Kier molecular flexibility index (Phi) is 13.0. The third-order valence-corrected chi connectivity index (χ3v) is 13.0. The van der Waals surface area contributed by atoms with Gasteiger partial charge in [-0.1, -0.05) is 87.0 Å². The minimum absolute atomic E-state index is 0.349. The first-order valence-corrected chi connectivity index (χ1v) is 17.4. The van der Waals surface area contributed by atoms with Crippen molar-refractivity contribution in [1.29, 1.82) is 0 Å². The first-order valence-electron chi connectivity index (χ1n) is 17.4. The van der Waals surface area contributed by atoms with Crippen molar-refractivity contribution in [3.8, 4) is 0 Å². The van der Waals surface area contributed by atoms with Gasteiger partial charge in [-0.2, -0.15) is 0 Å². The fourth-order valence-electron chi connectivity index (χ4n) is 10.1. The zero-order chi connectivity index (χ0) is 27.8. The van der Waals surface area contributed by atoms with Gasteiger partial charge in [0.25, 0.3) is 0 Å². The van der Waals surface area contributed by atoms with Crippen LogP contribution in [0.3, 0.4) is 0 Å². The Hall–Kier alpha value is -0.0800. The maximum absolute atomic E-state index is 9.49. The molecule has 4 fully saturated rings. The van der Waals surface area contributed by atoms with Crippen LogP contribution in [0.2, 0.25) is 0 Å². The van der Waals surface area contributed by atoms with Crippen molar-refractivity contribution in [2.24, 2.45) is 58.2 Å². The summed E-state index contributed by atoms with van der Waals surface area (Å²) in [4.78, 5) is 0. The van der Waals surface area contributed by atoms with E-state index in [1.165, 1.54) is 89.9 Å². The number of hydrogen-bond acceptors (Lipinski definition) is 2. The fourth-order valence-corrected chi connectivity index (χ4v) is 10.1. The van der Waals surface area contributed by atoms with E-state index in [1.807, 2.05) is 0 Å². The molecular formula is C36H68O2. The number of ether oxygens (including phenoxy) is 1. The van der Waals surface area contributed by atoms with Crippen molar-refractivity contribution in [1.82, 2.24) is 0 Å². The van der Waals surface area contributed by atoms with Crippen molar-refractivity contribution >= 4 is 0 Å². The van der Waals surface area contributed by atoms with Crippen LogP contribution >= 0.6 is 0 Å². The highest BCUT2D eigenvalue weighted by molar-refractivity contribution is 5.09. The summed E-state index contributed by atoms with van der Waals surface area (Å²) >= 11 is 0. The highest BCUT2D eigenvalue weighted by atomic mass is 16.5. The van der Waals surface area contributed by atoms with Crippen LogP contribution in [0.15, 0.2) is 0 Å². The van der Waals surface area contributed by atoms with Crippen LogP contribution in [0, 0.1) is 58.2 Å². The molecule has 10 atom stereocenters. The maximum atomic E-state index is 9.49. The number of fused-ring (bicyclic) bond motifs is 5. The summed E-state index contributed by atoms with van der Waals surface area (Å²) in [5.41, 5.74) is 1.30. The SMILES string of the molecule is CC(CO)[C@@H](C)CC[C@@H](C)[C@H]1CC[C@H]2[C@@H]3CCC4CCCC[C@]4(C)[C@H]3CC[C@]12C.CCCCOCCCC. The van der Waals surface area contributed by atoms with E-state index in [4.69, 9.17) is 4.74 Å². The van der Waals surface area contributed by atoms with Gasteiger partial charge in [0, 0.05) is 19.8 Å². The Labute approximate surface area is 238 Å². The van der Waals surface area contributed by atoms with Gasteiger partial charge in [0.05, 0.1) is 0 Å². The van der Waals surface area contributed by atoms with Crippen molar-refractivity contribution in [2.45, 2.75) is 151 Å². The topological polar surface area (TPSA) is 29.5 Å². The van der Waals surface area contributed by atoms with Crippen LogP contribution in [0.25, 0.3) is 0 Å². The van der Waals surface area contributed by atoms with Gasteiger partial charge in [-0.3, -0.25) is 0 Å². The van der Waals surface area contributed by atoms with E-state index in [2.05, 4.69) is 48.5 Å². The number of aliphatic hydroxyl groups excluding tert-OH is 1. The van der Waals surface area contributed by atoms with E-state index < -0.39 is 0 Å². The van der Waals surface area contributed by atoms with E-state index >= 15 is 0 Å². The Morgan fingerprint density at radius 2 is 1.42 bits per heavy atom. The lowest BCUT2D eigenvalue weighted by atomic mass is 9.44. The predicted molar refractivity (Wildman–Crippen MR) is 164 cm³/mol. The van der Waals surface area contributed by atoms with Gasteiger partial charge in [0.1, 0.15) is 0 Å². The van der Waals surface area contributed by atoms with Gasteiger partial charge in [0.15, 0.2) is 0 Å². The number of unbranched alkanes of at least 4 members (excludes halogenated alkanes) is 2. The third-order valence-electron chi connectivity index (χ3n) is 13.0. The second-order valence-corrected chi connectivity index (χ2v) is 15.1. The summed E-state index contributed by atoms with van der Waals surface area (Å²) in [5.74, 6) is 7.06. The average Bonchev–Trinajstić information content (AvgIpc) is 3.28. The summed E-state index contributed by atoms with van der Waals surface area (Å²) in [6.45, 7) is 19.2. The van der Waals surface area contributed by atoms with Crippen molar-refractivity contribution < 1.29 is 9.84 Å². The van der Waals surface area contributed by atoms with Crippen LogP contribution in [-0.2, 0) is 4.74 Å². The van der Waals surface area contributed by atoms with E-state index in [9.17, 15) is 5.11 Å². The first-order chi connectivity index (χ1) is 18.2. The lowest BCUT2D eigenvalue weighted by molar-refractivity contribution is -0.114. The monoisotopic (exact) mass is 533 g/mol. The van der Waals surface area contributed by atoms with Gasteiger partial charge in [-0.15, -0.1) is 0 Å². The quantitative estimate of drug-likeness (QED) is 0.253. The Bertz CT molecular complexity index is 656. The molecule has 4 aliphatic rings. The molecule has 0 aliphatic heterocycles. The standard InChI is InChI=1S/C28H50O.C8H18O/c1-19(21(3)18-29)9-10-20(2)24-13-14-25-23-12-11-22-8-6-7-16-27(22,4)26(23)15-17-28(24,25)5;1-3-5-7-9-8-6-4-2/h19-26,29H,6-18H2,1-5H3;3-8H2,1-2H3/t19-,20+,21?,22?,23-,24+,25-,26-,27-,28+;/m0./s1. The highest BCUT2D eigenvalue weighted by Gasteiger charge is 2.60. The van der Waals surface area contributed by atoms with Crippen molar-refractivity contribution in [3.05, 3.63) is 0 Å². The normalized spacial score (nSPS) is 38.7. The van der Waals surface area contributed by atoms with E-state index in [1.54, 1.807) is 12.8 Å². The number of hydrogen-bond donors (Lipinski definition) is 1. The van der Waals surface area contributed by atoms with Crippen LogP contribution in [0.4, 0.5) is 0 Å². The number of aliphatic hydroxyl groups is 1. The van der Waals surface area contributed by atoms with Crippen molar-refractivity contribution in [3.63, 3.8) is 0 Å². The molecule has 2 nitrogen and oxygen atoms in total. The average molecular weight is 533 g/mol. The zero-order valence-electron chi connectivity index (χ0n) is 26.9. The molecule has 0 aromatic rings. The molecule has 224 valence electrons. The van der Waals surface area contributed by atoms with E-state index in [-0.39, 0.29) is 0 Å². The summed E-state index contributed by atoms with van der Waals surface area (Å²) in [6.07, 6.45) is 22.8. The maximum Gasteiger partial charge on any atom is 0.0465 e. The molecule has 2 heteroatoms. The van der Waals surface area contributed by atoms with Crippen LogP contribution in [0.5, 0.6) is 0 Å². The molecular weight excluding hydrogens is 464 g/mol. The third kappa shape index (κ3) is 7.40. The van der Waals surface area contributed by atoms with E-state index in [0.29, 0.717) is 29.3 Å². The summed E-state index contributed by atoms with van der Waals surface area (Å²) < 4.78 is 5.31. The van der Waals surface area contributed by atoms with Crippen molar-refractivity contribution in [2.75, 3.05) is 19.8 Å². The molecule has 4 rings (SSSR count). The van der Waals surface area contributed by atoms with Gasteiger partial charge >= 0.3 is 0 Å². The van der Waals surface area contributed by atoms with Crippen LogP contribution < -0.4 is 0 Å². The molecule has 0 spiro atoms. The lowest BCUT2D eigenvalue weighted by Crippen LogP contribution is -2.53. The van der Waals surface area contributed by atoms with Gasteiger partial charge in [-0.05, 0) is 122 Å². The molecule has 0 heterocycles. The second-order valence-electron chi connectivity index (χ2n) is 15.1. The minimum atomic E-state index is 0.349. The first kappa shape index (κ1) is 32.4. The summed E-state index contributed by atoms with van der Waals surface area (Å²) in [5, 5.41) is 9.49. The van der Waals surface area contributed by atoms with Gasteiger partial charge < -0.3 is 9.84 Å². The van der Waals surface area contributed by atoms with Gasteiger partial charge in [0.2, 0.25) is 0 Å². The predicted octanol–water partition coefficient (Wildman–Crippen LogP) is 10.3. The largest absolute Gasteiger partial charge is 0.396 e. The Morgan fingerprint density at radius 1 is 0.737 bits per heavy atom. The van der Waals surface area contributed by atoms with Gasteiger partial charge in [-0.25, -0.2) is 0 Å². The van der Waals surface area contributed by atoms with E-state index in [0.717, 1.165) is 48.7 Å². The Morgan fingerprint density at radius 3 is 2.08 bits per heavy atom. The molecule has 38 heavy (non-hydrogen) atoms. The molecule has 2 unspecified atom stereocenters. The minimum Gasteiger partial charge on any atom is -0.396 e. The molecule has 0 bridgehead atoms. The molecule has 0 amide bonds. The zero-order valence-corrected chi connectivity index (χ0v) is 26.9.